The second kappa shape index (κ2) is 7.20. The Kier molecular flexibility index (Phi) is 6.24. The fraction of sp³-hybridized carbons (Fsp3) is 0.300. The molecule has 1 aromatic rings. The molecule has 0 aliphatic rings. The van der Waals surface area contributed by atoms with Crippen molar-refractivity contribution in [3.63, 3.8) is 0 Å². The molecule has 0 saturated heterocycles. The Morgan fingerprint density at radius 1 is 1.50 bits per heavy atom. The van der Waals surface area contributed by atoms with Crippen LogP contribution in [0.15, 0.2) is 18.2 Å². The van der Waals surface area contributed by atoms with Gasteiger partial charge in [0.2, 0.25) is 0 Å². The first-order valence-corrected chi connectivity index (χ1v) is 4.71. The first-order valence-electron chi connectivity index (χ1n) is 4.71. The minimum atomic E-state index is -0.565. The average Bonchev–Trinajstić information content (AvgIpc) is 2.32. The number of nitro benzene ring substituents is 1. The van der Waals surface area contributed by atoms with Crippen molar-refractivity contribution in [2.24, 2.45) is 0 Å². The third-order valence-corrected chi connectivity index (χ3v) is 1.51. The van der Waals surface area contributed by atoms with E-state index in [4.69, 9.17) is 10.1 Å². The van der Waals surface area contributed by atoms with Gasteiger partial charge < -0.3 is 4.84 Å². The maximum Gasteiger partial charge on any atom is 0.271 e. The quantitative estimate of drug-likeness (QED) is 0.625. The largest absolute Gasteiger partial charge is 0.408 e. The van der Waals surface area contributed by atoms with Gasteiger partial charge in [0.05, 0.1) is 4.92 Å². The van der Waals surface area contributed by atoms with Crippen LogP contribution in [0.2, 0.25) is 0 Å². The van der Waals surface area contributed by atoms with Gasteiger partial charge in [0.1, 0.15) is 11.6 Å². The van der Waals surface area contributed by atoms with Crippen LogP contribution < -0.4 is 10.3 Å². The van der Waals surface area contributed by atoms with E-state index in [0.717, 1.165) is 6.07 Å². The second-order valence-electron chi connectivity index (χ2n) is 2.36. The third-order valence-electron chi connectivity index (χ3n) is 1.51. The molecule has 16 heavy (non-hydrogen) atoms. The number of hydroxylamine groups is 1. The van der Waals surface area contributed by atoms with Gasteiger partial charge in [-0.05, 0) is 6.07 Å². The lowest BCUT2D eigenvalue weighted by Crippen LogP contribution is -2.11. The van der Waals surface area contributed by atoms with Crippen molar-refractivity contribution in [1.82, 2.24) is 5.48 Å². The predicted octanol–water partition coefficient (Wildman–Crippen LogP) is 2.01. The Labute approximate surface area is 93.6 Å². The minimum Gasteiger partial charge on any atom is -0.408 e. The van der Waals surface area contributed by atoms with Crippen LogP contribution in [0.4, 0.5) is 5.69 Å². The van der Waals surface area contributed by atoms with Gasteiger partial charge in [0.15, 0.2) is 5.75 Å². The molecule has 0 aromatic heterocycles. The molecule has 6 nitrogen and oxygen atoms in total. The van der Waals surface area contributed by atoms with Gasteiger partial charge in [-0.15, -0.1) is 0 Å². The molecule has 0 heterocycles. The highest BCUT2D eigenvalue weighted by Crippen LogP contribution is 2.22. The molecule has 6 heteroatoms. The zero-order chi connectivity index (χ0) is 12.6. The molecular formula is C10H13N3O3. The highest BCUT2D eigenvalue weighted by atomic mass is 16.6. The lowest BCUT2D eigenvalue weighted by atomic mass is 10.2. The van der Waals surface area contributed by atoms with E-state index in [1.807, 2.05) is 13.8 Å². The molecule has 0 atom stereocenters. The van der Waals surface area contributed by atoms with Crippen molar-refractivity contribution in [3.05, 3.63) is 33.9 Å². The number of nitro groups is 1. The molecule has 1 aromatic carbocycles. The number of non-ortho nitro benzene ring substituents is 1. The zero-order valence-electron chi connectivity index (χ0n) is 9.35. The summed E-state index contributed by atoms with van der Waals surface area (Å²) >= 11 is 0. The summed E-state index contributed by atoms with van der Waals surface area (Å²) in [7, 11) is 1.53. The fourth-order valence-electron chi connectivity index (χ4n) is 0.918. The summed E-state index contributed by atoms with van der Waals surface area (Å²) in [4.78, 5) is 14.7. The molecular weight excluding hydrogens is 210 g/mol. The predicted molar refractivity (Wildman–Crippen MR) is 58.8 cm³/mol. The monoisotopic (exact) mass is 223 g/mol. The number of nitrogens with one attached hydrogen (secondary N) is 1. The molecule has 86 valence electrons. The minimum absolute atomic E-state index is 0.119. The van der Waals surface area contributed by atoms with Crippen molar-refractivity contribution in [3.8, 4) is 11.8 Å². The van der Waals surface area contributed by atoms with Crippen LogP contribution in [0.25, 0.3) is 0 Å². The summed E-state index contributed by atoms with van der Waals surface area (Å²) in [5.41, 5.74) is 2.37. The normalized spacial score (nSPS) is 8.38. The number of nitrogens with zero attached hydrogens (tertiary/aromatic N) is 2. The summed E-state index contributed by atoms with van der Waals surface area (Å²) in [6.07, 6.45) is 0. The van der Waals surface area contributed by atoms with Gasteiger partial charge in [-0.2, -0.15) is 10.7 Å². The van der Waals surface area contributed by atoms with Crippen molar-refractivity contribution in [2.75, 3.05) is 7.05 Å². The summed E-state index contributed by atoms with van der Waals surface area (Å²) in [5.74, 6) is 0.264. The maximum absolute atomic E-state index is 10.4. The molecule has 0 aliphatic carbocycles. The van der Waals surface area contributed by atoms with E-state index >= 15 is 0 Å². The highest BCUT2D eigenvalue weighted by Gasteiger charge is 2.11. The lowest BCUT2D eigenvalue weighted by molar-refractivity contribution is -0.384. The molecule has 1 N–H and O–H groups in total. The maximum atomic E-state index is 10.4. The molecule has 1 rings (SSSR count). The van der Waals surface area contributed by atoms with Crippen LogP contribution in [0, 0.1) is 21.4 Å². The SMILES string of the molecule is CC.CNOc1ccc([N+](=O)[O-])cc1C#N. The highest BCUT2D eigenvalue weighted by molar-refractivity contribution is 5.49. The van der Waals surface area contributed by atoms with Crippen molar-refractivity contribution < 1.29 is 9.76 Å². The second-order valence-corrected chi connectivity index (χ2v) is 2.36. The van der Waals surface area contributed by atoms with E-state index in [0.29, 0.717) is 0 Å². The summed E-state index contributed by atoms with van der Waals surface area (Å²) in [6, 6.07) is 5.61. The molecule has 0 bridgehead atoms. The van der Waals surface area contributed by atoms with E-state index in [9.17, 15) is 10.1 Å². The van der Waals surface area contributed by atoms with Crippen molar-refractivity contribution in [1.29, 1.82) is 5.26 Å². The Morgan fingerprint density at radius 3 is 2.56 bits per heavy atom. The standard InChI is InChI=1S/C8H7N3O3.C2H6/c1-10-14-8-3-2-7(11(12)13)4-6(8)5-9;1-2/h2-4,10H,1H3;1-2H3. The number of hydrogen-bond acceptors (Lipinski definition) is 5. The third kappa shape index (κ3) is 3.55. The zero-order valence-corrected chi connectivity index (χ0v) is 9.35. The van der Waals surface area contributed by atoms with Crippen molar-refractivity contribution >= 4 is 5.69 Å². The molecule has 0 fully saturated rings. The van der Waals surface area contributed by atoms with Gasteiger partial charge in [-0.25, -0.2) is 0 Å². The van der Waals surface area contributed by atoms with E-state index in [-0.39, 0.29) is 17.0 Å². The summed E-state index contributed by atoms with van der Waals surface area (Å²) in [6.45, 7) is 4.00. The van der Waals surface area contributed by atoms with Crippen LogP contribution in [0.5, 0.6) is 5.75 Å². The Bertz CT molecular complexity index is 399. The van der Waals surface area contributed by atoms with Crippen LogP contribution in [0.1, 0.15) is 19.4 Å². The van der Waals surface area contributed by atoms with Gasteiger partial charge in [0, 0.05) is 19.2 Å². The van der Waals surface area contributed by atoms with Crippen LogP contribution in [-0.4, -0.2) is 12.0 Å². The lowest BCUT2D eigenvalue weighted by Gasteiger charge is -2.03. The Morgan fingerprint density at radius 2 is 2.12 bits per heavy atom. The van der Waals surface area contributed by atoms with Gasteiger partial charge in [-0.3, -0.25) is 10.1 Å². The van der Waals surface area contributed by atoms with Crippen molar-refractivity contribution in [2.45, 2.75) is 13.8 Å². The van der Waals surface area contributed by atoms with E-state index in [1.54, 1.807) is 6.07 Å². The first kappa shape index (κ1) is 13.9. The number of benzene rings is 1. The first-order chi connectivity index (χ1) is 7.69. The smallest absolute Gasteiger partial charge is 0.271 e. The average molecular weight is 223 g/mol. The molecule has 0 spiro atoms. The number of rotatable bonds is 3. The summed E-state index contributed by atoms with van der Waals surface area (Å²) < 4.78 is 0. The van der Waals surface area contributed by atoms with Crippen LogP contribution in [0.3, 0.4) is 0 Å². The topological polar surface area (TPSA) is 88.2 Å². The molecule has 0 saturated carbocycles. The van der Waals surface area contributed by atoms with Gasteiger partial charge >= 0.3 is 0 Å². The van der Waals surface area contributed by atoms with E-state index in [2.05, 4.69) is 5.48 Å². The molecule has 0 radical (unpaired) electrons. The Hall–Kier alpha value is -2.13. The number of nitriles is 1. The van der Waals surface area contributed by atoms with Crippen LogP contribution >= 0.6 is 0 Å². The molecule has 0 amide bonds. The van der Waals surface area contributed by atoms with E-state index in [1.165, 1.54) is 19.2 Å². The van der Waals surface area contributed by atoms with Crippen LogP contribution in [-0.2, 0) is 0 Å². The van der Waals surface area contributed by atoms with E-state index < -0.39 is 4.92 Å². The van der Waals surface area contributed by atoms with Gasteiger partial charge in [0.25, 0.3) is 5.69 Å². The molecule has 0 aliphatic heterocycles. The number of hydrogen-bond donors (Lipinski definition) is 1. The fourth-order valence-corrected chi connectivity index (χ4v) is 0.918. The summed E-state index contributed by atoms with van der Waals surface area (Å²) in [5, 5.41) is 19.0. The van der Waals surface area contributed by atoms with Gasteiger partial charge in [-0.1, -0.05) is 13.8 Å². The Balaban J connectivity index is 0.00000106. The molecule has 0 unspecified atom stereocenters.